The van der Waals surface area contributed by atoms with Gasteiger partial charge in [-0.25, -0.2) is 0 Å². The van der Waals surface area contributed by atoms with E-state index in [-0.39, 0.29) is 6.61 Å². The van der Waals surface area contributed by atoms with E-state index in [2.05, 4.69) is 9.47 Å². The van der Waals surface area contributed by atoms with Gasteiger partial charge in [-0.2, -0.15) is 13.2 Å². The maximum atomic E-state index is 11.7. The molecular formula is C6H7F3O3. The van der Waals surface area contributed by atoms with Gasteiger partial charge in [0.2, 0.25) is 0 Å². The first kappa shape index (κ1) is 9.47. The molecule has 0 spiro atoms. The summed E-state index contributed by atoms with van der Waals surface area (Å²) in [5.74, 6) is -1.87. The van der Waals surface area contributed by atoms with Crippen molar-refractivity contribution < 1.29 is 27.4 Å². The minimum Gasteiger partial charge on any atom is -0.350 e. The zero-order chi connectivity index (χ0) is 9.35. The highest BCUT2D eigenvalue weighted by molar-refractivity contribution is 5.90. The van der Waals surface area contributed by atoms with Crippen LogP contribution >= 0.6 is 0 Å². The summed E-state index contributed by atoms with van der Waals surface area (Å²) in [4.78, 5) is 10.4. The Bertz CT molecular complexity index is 189. The lowest BCUT2D eigenvalue weighted by molar-refractivity contribution is -0.172. The normalized spacial score (nSPS) is 28.7. The van der Waals surface area contributed by atoms with Crippen LogP contribution in [0.3, 0.4) is 0 Å². The zero-order valence-corrected chi connectivity index (χ0v) is 6.22. The van der Waals surface area contributed by atoms with Gasteiger partial charge in [0.25, 0.3) is 5.78 Å². The van der Waals surface area contributed by atoms with Gasteiger partial charge < -0.3 is 9.47 Å². The number of carbonyl (C=O) groups is 1. The lowest BCUT2D eigenvalue weighted by Crippen LogP contribution is -2.29. The van der Waals surface area contributed by atoms with E-state index in [0.717, 1.165) is 0 Å². The number of alkyl halides is 3. The zero-order valence-electron chi connectivity index (χ0n) is 6.22. The van der Waals surface area contributed by atoms with Gasteiger partial charge in [0.15, 0.2) is 12.4 Å². The Labute approximate surface area is 66.4 Å². The van der Waals surface area contributed by atoms with E-state index in [1.54, 1.807) is 6.92 Å². The predicted octanol–water partition coefficient (Wildman–Crippen LogP) is 0.879. The van der Waals surface area contributed by atoms with Gasteiger partial charge in [-0.15, -0.1) is 0 Å². The molecule has 0 N–H and O–H groups in total. The fourth-order valence-corrected chi connectivity index (χ4v) is 0.737. The Morgan fingerprint density at radius 3 is 2.58 bits per heavy atom. The fraction of sp³-hybridized carbons (Fsp3) is 0.833. The largest absolute Gasteiger partial charge is 0.452 e. The second-order valence-electron chi connectivity index (χ2n) is 2.24. The van der Waals surface area contributed by atoms with Crippen molar-refractivity contribution in [3.05, 3.63) is 0 Å². The average molecular weight is 184 g/mol. The Balaban J connectivity index is 2.38. The third kappa shape index (κ3) is 1.95. The van der Waals surface area contributed by atoms with E-state index in [0.29, 0.717) is 0 Å². The second-order valence-corrected chi connectivity index (χ2v) is 2.24. The topological polar surface area (TPSA) is 38.8 Å². The molecule has 1 aliphatic rings. The molecule has 0 bridgehead atoms. The van der Waals surface area contributed by atoms with Crippen molar-refractivity contribution in [3.63, 3.8) is 0 Å². The number of epoxide rings is 1. The Hall–Kier alpha value is -0.620. The standard InChI is InChI=1S/C6H7F3O3/c1-2-11-5-3(12-5)4(10)6(7,8)9/h3,5H,2H2,1H3. The maximum absolute atomic E-state index is 11.7. The molecule has 2 unspecified atom stereocenters. The second kappa shape index (κ2) is 3.02. The average Bonchev–Trinajstić information content (AvgIpc) is 2.65. The van der Waals surface area contributed by atoms with Crippen LogP contribution in [-0.4, -0.2) is 31.0 Å². The summed E-state index contributed by atoms with van der Waals surface area (Å²) in [5.41, 5.74) is 0. The van der Waals surface area contributed by atoms with Crippen LogP contribution < -0.4 is 0 Å². The molecule has 6 heteroatoms. The summed E-state index contributed by atoms with van der Waals surface area (Å²) in [6, 6.07) is 0. The fourth-order valence-electron chi connectivity index (χ4n) is 0.737. The molecule has 0 amide bonds. The third-order valence-electron chi connectivity index (χ3n) is 1.32. The smallest absolute Gasteiger partial charge is 0.350 e. The molecule has 2 atom stereocenters. The van der Waals surface area contributed by atoms with Crippen molar-refractivity contribution in [2.24, 2.45) is 0 Å². The highest BCUT2D eigenvalue weighted by Crippen LogP contribution is 2.31. The SMILES string of the molecule is CCOC1OC1C(=O)C(F)(F)F. The van der Waals surface area contributed by atoms with Crippen molar-refractivity contribution >= 4 is 5.78 Å². The van der Waals surface area contributed by atoms with Gasteiger partial charge in [0.1, 0.15) is 0 Å². The van der Waals surface area contributed by atoms with Gasteiger partial charge in [-0.1, -0.05) is 0 Å². The third-order valence-corrected chi connectivity index (χ3v) is 1.32. The number of Topliss-reactive ketones (excluding diaryl/α,β-unsaturated/α-hetero) is 1. The van der Waals surface area contributed by atoms with Crippen molar-refractivity contribution in [2.45, 2.75) is 25.5 Å². The van der Waals surface area contributed by atoms with Crippen molar-refractivity contribution in [3.8, 4) is 0 Å². The van der Waals surface area contributed by atoms with E-state index in [1.165, 1.54) is 0 Å². The summed E-state index contributed by atoms with van der Waals surface area (Å²) in [6.07, 6.45) is -7.26. The maximum Gasteiger partial charge on any atom is 0.452 e. The number of rotatable bonds is 3. The van der Waals surface area contributed by atoms with E-state index in [9.17, 15) is 18.0 Å². The predicted molar refractivity (Wildman–Crippen MR) is 31.3 cm³/mol. The number of hydrogen-bond acceptors (Lipinski definition) is 3. The van der Waals surface area contributed by atoms with Gasteiger partial charge in [-0.05, 0) is 6.92 Å². The highest BCUT2D eigenvalue weighted by atomic mass is 19.4. The van der Waals surface area contributed by atoms with Gasteiger partial charge in [-0.3, -0.25) is 4.79 Å². The van der Waals surface area contributed by atoms with Gasteiger partial charge in [0.05, 0.1) is 0 Å². The molecule has 0 radical (unpaired) electrons. The molecule has 1 rings (SSSR count). The number of halogens is 3. The van der Waals surface area contributed by atoms with Gasteiger partial charge >= 0.3 is 6.18 Å². The lowest BCUT2D eigenvalue weighted by atomic mass is 10.3. The first-order chi connectivity index (χ1) is 5.46. The molecule has 0 aromatic heterocycles. The molecule has 1 fully saturated rings. The molecule has 70 valence electrons. The first-order valence-electron chi connectivity index (χ1n) is 3.35. The van der Waals surface area contributed by atoms with Crippen LogP contribution in [0.1, 0.15) is 6.92 Å². The molecular weight excluding hydrogens is 177 g/mol. The monoisotopic (exact) mass is 184 g/mol. The van der Waals surface area contributed by atoms with E-state index in [4.69, 9.17) is 0 Å². The minimum atomic E-state index is -4.82. The molecule has 12 heavy (non-hydrogen) atoms. The molecule has 1 aliphatic heterocycles. The van der Waals surface area contributed by atoms with E-state index < -0.39 is 24.4 Å². The van der Waals surface area contributed by atoms with Crippen LogP contribution in [0, 0.1) is 0 Å². The van der Waals surface area contributed by atoms with E-state index in [1.807, 2.05) is 0 Å². The van der Waals surface area contributed by atoms with E-state index >= 15 is 0 Å². The summed E-state index contributed by atoms with van der Waals surface area (Å²) < 4.78 is 44.0. The molecule has 0 aliphatic carbocycles. The summed E-state index contributed by atoms with van der Waals surface area (Å²) in [7, 11) is 0. The highest BCUT2D eigenvalue weighted by Gasteiger charge is 2.56. The summed E-state index contributed by atoms with van der Waals surface area (Å²) >= 11 is 0. The van der Waals surface area contributed by atoms with Crippen LogP contribution in [0.15, 0.2) is 0 Å². The number of carbonyl (C=O) groups excluding carboxylic acids is 1. The quantitative estimate of drug-likeness (QED) is 0.611. The van der Waals surface area contributed by atoms with Crippen molar-refractivity contribution in [1.29, 1.82) is 0 Å². The van der Waals surface area contributed by atoms with Crippen LogP contribution in [0.2, 0.25) is 0 Å². The Morgan fingerprint density at radius 2 is 2.17 bits per heavy atom. The molecule has 0 saturated carbocycles. The number of ether oxygens (including phenoxy) is 2. The van der Waals surface area contributed by atoms with Crippen molar-refractivity contribution in [2.75, 3.05) is 6.61 Å². The molecule has 1 heterocycles. The molecule has 0 aromatic rings. The van der Waals surface area contributed by atoms with Crippen LogP contribution in [0.25, 0.3) is 0 Å². The Morgan fingerprint density at radius 1 is 1.58 bits per heavy atom. The number of hydrogen-bond donors (Lipinski definition) is 0. The summed E-state index contributed by atoms with van der Waals surface area (Å²) in [5, 5.41) is 0. The molecule has 1 saturated heterocycles. The van der Waals surface area contributed by atoms with Gasteiger partial charge in [0, 0.05) is 6.61 Å². The van der Waals surface area contributed by atoms with Crippen LogP contribution in [-0.2, 0) is 14.3 Å². The van der Waals surface area contributed by atoms with Crippen LogP contribution in [0.4, 0.5) is 13.2 Å². The van der Waals surface area contributed by atoms with Crippen LogP contribution in [0.5, 0.6) is 0 Å². The molecule has 0 aromatic carbocycles. The minimum absolute atomic E-state index is 0.228. The number of ketones is 1. The Kier molecular flexibility index (Phi) is 2.39. The molecule has 3 nitrogen and oxygen atoms in total. The summed E-state index contributed by atoms with van der Waals surface area (Å²) in [6.45, 7) is 1.84. The first-order valence-corrected chi connectivity index (χ1v) is 3.35. The lowest BCUT2D eigenvalue weighted by Gasteiger charge is -2.00. The van der Waals surface area contributed by atoms with Crippen molar-refractivity contribution in [1.82, 2.24) is 0 Å².